The largest absolute Gasteiger partial charge is 0.378 e. The van der Waals surface area contributed by atoms with Crippen LogP contribution in [0.1, 0.15) is 0 Å². The van der Waals surface area contributed by atoms with Gasteiger partial charge >= 0.3 is 0 Å². The van der Waals surface area contributed by atoms with E-state index in [-0.39, 0.29) is 0 Å². The van der Waals surface area contributed by atoms with E-state index in [1.165, 1.54) is 0 Å². The van der Waals surface area contributed by atoms with Crippen molar-refractivity contribution in [2.75, 3.05) is 53.4 Å². The van der Waals surface area contributed by atoms with Gasteiger partial charge in [0, 0.05) is 6.54 Å². The fourth-order valence-electron chi connectivity index (χ4n) is 1.00. The van der Waals surface area contributed by atoms with E-state index < -0.39 is 0 Å². The molecule has 0 radical (unpaired) electrons. The van der Waals surface area contributed by atoms with Crippen LogP contribution in [0.4, 0.5) is 0 Å². The van der Waals surface area contributed by atoms with E-state index in [0.717, 1.165) is 0 Å². The topological polar surface area (TPSA) is 66.2 Å². The standard InChI is InChI=1S/C8H18N2O4/c9-1-2-11-3-4-12-5-10-6-13-8-14-7-10/h1-9H2. The highest BCUT2D eigenvalue weighted by molar-refractivity contribution is 4.41. The van der Waals surface area contributed by atoms with Gasteiger partial charge in [-0.2, -0.15) is 0 Å². The van der Waals surface area contributed by atoms with Crippen LogP contribution in [0.5, 0.6) is 0 Å². The Balaban J connectivity index is 1.82. The summed E-state index contributed by atoms with van der Waals surface area (Å²) in [6.07, 6.45) is 0. The van der Waals surface area contributed by atoms with Crippen molar-refractivity contribution in [2.45, 2.75) is 0 Å². The van der Waals surface area contributed by atoms with Gasteiger partial charge in [0.1, 0.15) is 27.0 Å². The fourth-order valence-corrected chi connectivity index (χ4v) is 1.00. The second-order valence-electron chi connectivity index (χ2n) is 2.89. The minimum Gasteiger partial charge on any atom is -0.378 e. The maximum Gasteiger partial charge on any atom is 0.150 e. The molecule has 6 nitrogen and oxygen atoms in total. The summed E-state index contributed by atoms with van der Waals surface area (Å²) in [5, 5.41) is 0. The lowest BCUT2D eigenvalue weighted by molar-refractivity contribution is -0.206. The molecule has 14 heavy (non-hydrogen) atoms. The zero-order valence-electron chi connectivity index (χ0n) is 8.31. The van der Waals surface area contributed by atoms with Crippen LogP contribution in [0.3, 0.4) is 0 Å². The van der Waals surface area contributed by atoms with Gasteiger partial charge in [-0.15, -0.1) is 0 Å². The average Bonchev–Trinajstić information content (AvgIpc) is 2.25. The number of rotatable bonds is 7. The van der Waals surface area contributed by atoms with Gasteiger partial charge in [-0.1, -0.05) is 0 Å². The molecule has 0 saturated carbocycles. The Bertz CT molecular complexity index is 131. The zero-order valence-corrected chi connectivity index (χ0v) is 8.31. The zero-order chi connectivity index (χ0) is 10.1. The molecule has 6 heteroatoms. The second-order valence-corrected chi connectivity index (χ2v) is 2.89. The summed E-state index contributed by atoms with van der Waals surface area (Å²) in [6.45, 7) is 4.27. The van der Waals surface area contributed by atoms with Gasteiger partial charge in [-0.3, -0.25) is 0 Å². The molecule has 0 atom stereocenters. The summed E-state index contributed by atoms with van der Waals surface area (Å²) < 4.78 is 20.6. The highest BCUT2D eigenvalue weighted by Crippen LogP contribution is 1.97. The highest BCUT2D eigenvalue weighted by atomic mass is 16.7. The lowest BCUT2D eigenvalue weighted by atomic mass is 10.7. The van der Waals surface area contributed by atoms with Gasteiger partial charge in [0.25, 0.3) is 0 Å². The Hall–Kier alpha value is -0.240. The lowest BCUT2D eigenvalue weighted by Crippen LogP contribution is -2.36. The monoisotopic (exact) mass is 206 g/mol. The molecular weight excluding hydrogens is 188 g/mol. The molecular formula is C8H18N2O4. The Morgan fingerprint density at radius 2 is 1.79 bits per heavy atom. The molecule has 2 N–H and O–H groups in total. The number of hydrogen-bond donors (Lipinski definition) is 1. The van der Waals surface area contributed by atoms with Crippen molar-refractivity contribution >= 4 is 0 Å². The molecule has 1 saturated heterocycles. The van der Waals surface area contributed by atoms with Gasteiger partial charge in [-0.25, -0.2) is 4.90 Å². The van der Waals surface area contributed by atoms with Crippen molar-refractivity contribution in [1.29, 1.82) is 0 Å². The third kappa shape index (κ3) is 5.48. The summed E-state index contributed by atoms with van der Waals surface area (Å²) in [6, 6.07) is 0. The van der Waals surface area contributed by atoms with E-state index in [4.69, 9.17) is 24.7 Å². The molecule has 0 aromatic heterocycles. The predicted molar refractivity (Wildman–Crippen MR) is 49.3 cm³/mol. The van der Waals surface area contributed by atoms with E-state index in [1.807, 2.05) is 4.90 Å². The number of nitrogens with two attached hydrogens (primary N) is 1. The molecule has 0 aliphatic carbocycles. The fraction of sp³-hybridized carbons (Fsp3) is 1.00. The highest BCUT2D eigenvalue weighted by Gasteiger charge is 2.09. The van der Waals surface area contributed by atoms with Crippen LogP contribution < -0.4 is 5.73 Å². The first-order valence-corrected chi connectivity index (χ1v) is 4.67. The van der Waals surface area contributed by atoms with E-state index in [1.54, 1.807) is 0 Å². The molecule has 0 amide bonds. The summed E-state index contributed by atoms with van der Waals surface area (Å²) >= 11 is 0. The van der Waals surface area contributed by atoms with Crippen LogP contribution in [0.25, 0.3) is 0 Å². The molecule has 1 fully saturated rings. The molecule has 0 unspecified atom stereocenters. The van der Waals surface area contributed by atoms with Crippen molar-refractivity contribution in [3.8, 4) is 0 Å². The van der Waals surface area contributed by atoms with Gasteiger partial charge in [0.2, 0.25) is 0 Å². The molecule has 0 aromatic carbocycles. The van der Waals surface area contributed by atoms with Gasteiger partial charge < -0.3 is 24.7 Å². The predicted octanol–water partition coefficient (Wildman–Crippen LogP) is -0.843. The molecule has 1 heterocycles. The van der Waals surface area contributed by atoms with E-state index >= 15 is 0 Å². The summed E-state index contributed by atoms with van der Waals surface area (Å²) in [4.78, 5) is 1.91. The van der Waals surface area contributed by atoms with Crippen LogP contribution in [0.2, 0.25) is 0 Å². The summed E-state index contributed by atoms with van der Waals surface area (Å²) in [5.41, 5.74) is 5.25. The molecule has 84 valence electrons. The number of nitrogens with zero attached hydrogens (tertiary/aromatic N) is 1. The smallest absolute Gasteiger partial charge is 0.150 e. The van der Waals surface area contributed by atoms with E-state index in [2.05, 4.69) is 0 Å². The molecule has 0 bridgehead atoms. The Labute approximate surface area is 83.8 Å². The normalized spacial score (nSPS) is 18.6. The minimum atomic E-state index is 0.371. The average molecular weight is 206 g/mol. The van der Waals surface area contributed by atoms with Crippen LogP contribution in [0.15, 0.2) is 0 Å². The van der Waals surface area contributed by atoms with E-state index in [9.17, 15) is 0 Å². The maximum absolute atomic E-state index is 5.32. The maximum atomic E-state index is 5.32. The first kappa shape index (κ1) is 11.8. The molecule has 1 aliphatic heterocycles. The third-order valence-corrected chi connectivity index (χ3v) is 1.62. The van der Waals surface area contributed by atoms with Crippen LogP contribution in [0, 0.1) is 0 Å². The van der Waals surface area contributed by atoms with Crippen molar-refractivity contribution in [1.82, 2.24) is 4.90 Å². The van der Waals surface area contributed by atoms with Gasteiger partial charge in [-0.05, 0) is 0 Å². The first-order chi connectivity index (χ1) is 6.93. The van der Waals surface area contributed by atoms with Gasteiger partial charge in [0.05, 0.1) is 19.8 Å². The van der Waals surface area contributed by atoms with Gasteiger partial charge in [0.15, 0.2) is 0 Å². The van der Waals surface area contributed by atoms with Crippen LogP contribution >= 0.6 is 0 Å². The third-order valence-electron chi connectivity index (χ3n) is 1.62. The Morgan fingerprint density at radius 3 is 2.50 bits per heavy atom. The number of hydrogen-bond acceptors (Lipinski definition) is 6. The number of ether oxygens (including phenoxy) is 4. The van der Waals surface area contributed by atoms with Crippen molar-refractivity contribution in [3.63, 3.8) is 0 Å². The minimum absolute atomic E-state index is 0.371. The molecule has 1 aliphatic rings. The van der Waals surface area contributed by atoms with Crippen LogP contribution in [-0.2, 0) is 18.9 Å². The quantitative estimate of drug-likeness (QED) is 0.548. The van der Waals surface area contributed by atoms with E-state index in [0.29, 0.717) is 53.4 Å². The summed E-state index contributed by atoms with van der Waals surface area (Å²) in [5.74, 6) is 0. The van der Waals surface area contributed by atoms with Crippen molar-refractivity contribution in [3.05, 3.63) is 0 Å². The second kappa shape index (κ2) is 8.10. The Morgan fingerprint density at radius 1 is 1.07 bits per heavy atom. The SMILES string of the molecule is NCCOCCOCN1COCOC1. The summed E-state index contributed by atoms with van der Waals surface area (Å²) in [7, 11) is 0. The van der Waals surface area contributed by atoms with Crippen molar-refractivity contribution in [2.24, 2.45) is 5.73 Å². The van der Waals surface area contributed by atoms with Crippen molar-refractivity contribution < 1.29 is 18.9 Å². The molecule has 0 aromatic rings. The lowest BCUT2D eigenvalue weighted by Gasteiger charge is -2.25. The Kier molecular flexibility index (Phi) is 6.85. The molecule has 1 rings (SSSR count). The first-order valence-electron chi connectivity index (χ1n) is 4.67. The molecule has 0 spiro atoms. The van der Waals surface area contributed by atoms with Crippen LogP contribution in [-0.4, -0.2) is 58.3 Å².